The first-order valence-corrected chi connectivity index (χ1v) is 6.24. The van der Waals surface area contributed by atoms with Gasteiger partial charge in [-0.25, -0.2) is 4.98 Å². The van der Waals surface area contributed by atoms with Gasteiger partial charge in [-0.15, -0.1) is 0 Å². The van der Waals surface area contributed by atoms with Crippen molar-refractivity contribution in [3.05, 3.63) is 29.8 Å². The second-order valence-electron chi connectivity index (χ2n) is 5.01. The maximum Gasteiger partial charge on any atom is 0.212 e. The fourth-order valence-corrected chi connectivity index (χ4v) is 2.77. The highest BCUT2D eigenvalue weighted by molar-refractivity contribution is 5.19. The van der Waals surface area contributed by atoms with Gasteiger partial charge in [-0.05, 0) is 18.9 Å². The molecule has 1 aliphatic carbocycles. The maximum atomic E-state index is 12.8. The molecule has 0 aromatic carbocycles. The predicted molar refractivity (Wildman–Crippen MR) is 61.2 cm³/mol. The van der Waals surface area contributed by atoms with Crippen LogP contribution in [0.4, 0.5) is 4.39 Å². The zero-order valence-corrected chi connectivity index (χ0v) is 10.1. The summed E-state index contributed by atoms with van der Waals surface area (Å²) >= 11 is 0. The van der Waals surface area contributed by atoms with Gasteiger partial charge in [0.15, 0.2) is 5.79 Å². The third-order valence-electron chi connectivity index (χ3n) is 3.92. The Balaban J connectivity index is 1.75. The Kier molecular flexibility index (Phi) is 2.84. The Morgan fingerprint density at radius 3 is 2.33 bits per heavy atom. The van der Waals surface area contributed by atoms with Crippen LogP contribution in [0.15, 0.2) is 18.3 Å². The number of halogens is 1. The Morgan fingerprint density at radius 1 is 1.11 bits per heavy atom. The fourth-order valence-electron chi connectivity index (χ4n) is 2.77. The molecule has 2 fully saturated rings. The summed E-state index contributed by atoms with van der Waals surface area (Å²) < 4.78 is 24.0. The molecular formula is C13H16FNO3. The molecule has 1 saturated heterocycles. The van der Waals surface area contributed by atoms with Crippen LogP contribution in [0.25, 0.3) is 0 Å². The molecule has 98 valence electrons. The summed E-state index contributed by atoms with van der Waals surface area (Å²) in [5, 5.41) is 10.6. The molecule has 5 heteroatoms. The lowest BCUT2D eigenvalue weighted by molar-refractivity contribution is -0.204. The number of nitrogens with zero attached hydrogens (tertiary/aromatic N) is 1. The van der Waals surface area contributed by atoms with Crippen molar-refractivity contribution in [2.75, 3.05) is 13.2 Å². The third kappa shape index (κ3) is 2.02. The Bertz CT molecular complexity index is 418. The smallest absolute Gasteiger partial charge is 0.212 e. The van der Waals surface area contributed by atoms with Gasteiger partial charge in [-0.1, -0.05) is 6.07 Å². The van der Waals surface area contributed by atoms with Crippen molar-refractivity contribution in [1.29, 1.82) is 0 Å². The predicted octanol–water partition coefficient (Wildman–Crippen LogP) is 1.73. The topological polar surface area (TPSA) is 51.6 Å². The number of ether oxygens (including phenoxy) is 2. The lowest BCUT2D eigenvalue weighted by Gasteiger charge is -2.40. The summed E-state index contributed by atoms with van der Waals surface area (Å²) in [7, 11) is 0. The van der Waals surface area contributed by atoms with E-state index in [0.29, 0.717) is 44.5 Å². The van der Waals surface area contributed by atoms with E-state index in [-0.39, 0.29) is 0 Å². The average Bonchev–Trinajstić information content (AvgIpc) is 2.83. The van der Waals surface area contributed by atoms with Gasteiger partial charge in [0.1, 0.15) is 0 Å². The van der Waals surface area contributed by atoms with Crippen LogP contribution in [0.1, 0.15) is 31.2 Å². The molecule has 1 N–H and O–H groups in total. The van der Waals surface area contributed by atoms with E-state index in [4.69, 9.17) is 9.47 Å². The van der Waals surface area contributed by atoms with Crippen LogP contribution in [0.3, 0.4) is 0 Å². The van der Waals surface area contributed by atoms with Gasteiger partial charge >= 0.3 is 0 Å². The minimum absolute atomic E-state index is 0.500. The standard InChI is InChI=1S/C13H16FNO3/c14-11-2-1-10(9-15-11)12(16)3-5-13(6-4-12)17-7-8-18-13/h1-2,9,16H,3-8H2. The second kappa shape index (κ2) is 4.26. The van der Waals surface area contributed by atoms with Crippen LogP contribution in [0.2, 0.25) is 0 Å². The second-order valence-corrected chi connectivity index (χ2v) is 5.01. The minimum atomic E-state index is -0.943. The molecule has 0 unspecified atom stereocenters. The number of pyridine rings is 1. The molecule has 0 atom stereocenters. The van der Waals surface area contributed by atoms with Gasteiger partial charge in [-0.3, -0.25) is 0 Å². The molecule has 0 bridgehead atoms. The average molecular weight is 253 g/mol. The zero-order valence-electron chi connectivity index (χ0n) is 10.1. The van der Waals surface area contributed by atoms with Crippen LogP contribution >= 0.6 is 0 Å². The minimum Gasteiger partial charge on any atom is -0.385 e. The van der Waals surface area contributed by atoms with Gasteiger partial charge in [-0.2, -0.15) is 4.39 Å². The quantitative estimate of drug-likeness (QED) is 0.774. The summed E-state index contributed by atoms with van der Waals surface area (Å²) in [6.07, 6.45) is 3.80. The zero-order chi connectivity index (χ0) is 12.6. The summed E-state index contributed by atoms with van der Waals surface area (Å²) in [5.41, 5.74) is -0.280. The summed E-state index contributed by atoms with van der Waals surface area (Å²) in [4.78, 5) is 3.60. The van der Waals surface area contributed by atoms with Crippen LogP contribution in [0.5, 0.6) is 0 Å². The highest BCUT2D eigenvalue weighted by atomic mass is 19.1. The first-order chi connectivity index (χ1) is 8.62. The van der Waals surface area contributed by atoms with E-state index in [1.807, 2.05) is 0 Å². The molecule has 0 radical (unpaired) electrons. The van der Waals surface area contributed by atoms with Crippen molar-refractivity contribution in [2.45, 2.75) is 37.1 Å². The Morgan fingerprint density at radius 2 is 1.78 bits per heavy atom. The molecule has 4 nitrogen and oxygen atoms in total. The SMILES string of the molecule is OC1(c2ccc(F)nc2)CCC2(CC1)OCCO2. The fraction of sp³-hybridized carbons (Fsp3) is 0.615. The molecule has 0 amide bonds. The van der Waals surface area contributed by atoms with Crippen LogP contribution in [0, 0.1) is 5.95 Å². The normalized spacial score (nSPS) is 25.4. The van der Waals surface area contributed by atoms with Crippen molar-refractivity contribution in [3.8, 4) is 0 Å². The highest BCUT2D eigenvalue weighted by Gasteiger charge is 2.46. The highest BCUT2D eigenvalue weighted by Crippen LogP contribution is 2.44. The van der Waals surface area contributed by atoms with Crippen LogP contribution < -0.4 is 0 Å². The van der Waals surface area contributed by atoms with Crippen LogP contribution in [-0.2, 0) is 15.1 Å². The largest absolute Gasteiger partial charge is 0.385 e. The van der Waals surface area contributed by atoms with E-state index >= 15 is 0 Å². The molecule has 3 rings (SSSR count). The van der Waals surface area contributed by atoms with Crippen molar-refractivity contribution in [2.24, 2.45) is 0 Å². The van der Waals surface area contributed by atoms with Gasteiger partial charge in [0, 0.05) is 24.6 Å². The van der Waals surface area contributed by atoms with Gasteiger partial charge in [0.05, 0.1) is 18.8 Å². The molecule has 1 aromatic rings. The molecule has 1 saturated carbocycles. The van der Waals surface area contributed by atoms with Gasteiger partial charge < -0.3 is 14.6 Å². The summed E-state index contributed by atoms with van der Waals surface area (Å²) in [6, 6.07) is 2.87. The van der Waals surface area contributed by atoms with E-state index in [0.717, 1.165) is 0 Å². The van der Waals surface area contributed by atoms with E-state index in [1.165, 1.54) is 12.3 Å². The Labute approximate surface area is 105 Å². The van der Waals surface area contributed by atoms with E-state index in [2.05, 4.69) is 4.98 Å². The van der Waals surface area contributed by atoms with Crippen molar-refractivity contribution >= 4 is 0 Å². The molecule has 2 heterocycles. The summed E-state index contributed by atoms with van der Waals surface area (Å²) in [5.74, 6) is -1.03. The van der Waals surface area contributed by atoms with Crippen molar-refractivity contribution in [1.82, 2.24) is 4.98 Å². The van der Waals surface area contributed by atoms with Crippen molar-refractivity contribution in [3.63, 3.8) is 0 Å². The van der Waals surface area contributed by atoms with E-state index in [9.17, 15) is 9.50 Å². The monoisotopic (exact) mass is 253 g/mol. The number of rotatable bonds is 1. The number of aromatic nitrogens is 1. The number of aliphatic hydroxyl groups is 1. The van der Waals surface area contributed by atoms with Crippen LogP contribution in [-0.4, -0.2) is 29.1 Å². The Hall–Kier alpha value is -1.04. The lowest BCUT2D eigenvalue weighted by atomic mass is 9.77. The summed E-state index contributed by atoms with van der Waals surface area (Å²) in [6.45, 7) is 1.24. The first-order valence-electron chi connectivity index (χ1n) is 6.24. The molecule has 1 spiro atoms. The van der Waals surface area contributed by atoms with Gasteiger partial charge in [0.25, 0.3) is 0 Å². The third-order valence-corrected chi connectivity index (χ3v) is 3.92. The lowest BCUT2D eigenvalue weighted by Crippen LogP contribution is -2.42. The van der Waals surface area contributed by atoms with E-state index in [1.54, 1.807) is 6.07 Å². The molecule has 1 aromatic heterocycles. The maximum absolute atomic E-state index is 12.8. The molecule has 2 aliphatic rings. The first kappa shape index (κ1) is 12.0. The number of hydrogen-bond acceptors (Lipinski definition) is 4. The van der Waals surface area contributed by atoms with Gasteiger partial charge in [0.2, 0.25) is 5.95 Å². The number of hydrogen-bond donors (Lipinski definition) is 1. The molecule has 1 aliphatic heterocycles. The molecule has 18 heavy (non-hydrogen) atoms. The van der Waals surface area contributed by atoms with Crippen molar-refractivity contribution < 1.29 is 19.0 Å². The van der Waals surface area contributed by atoms with E-state index < -0.39 is 17.3 Å². The molecular weight excluding hydrogens is 237 g/mol.